The van der Waals surface area contributed by atoms with Gasteiger partial charge in [0.05, 0.1) is 24.2 Å². The van der Waals surface area contributed by atoms with E-state index < -0.39 is 0 Å². The van der Waals surface area contributed by atoms with Crippen LogP contribution in [0.15, 0.2) is 54.6 Å². The van der Waals surface area contributed by atoms with Gasteiger partial charge in [-0.1, -0.05) is 42.5 Å². The lowest BCUT2D eigenvalue weighted by Crippen LogP contribution is -3.14. The fraction of sp³-hybridized carbons (Fsp3) is 0.316. The van der Waals surface area contributed by atoms with E-state index in [9.17, 15) is 0 Å². The first-order valence-electron chi connectivity index (χ1n) is 8.42. The van der Waals surface area contributed by atoms with Gasteiger partial charge >= 0.3 is 0 Å². The van der Waals surface area contributed by atoms with Gasteiger partial charge in [-0.3, -0.25) is 14.4 Å². The number of hydrogen-bond donors (Lipinski definition) is 1. The summed E-state index contributed by atoms with van der Waals surface area (Å²) >= 11 is 0. The third-order valence-corrected chi connectivity index (χ3v) is 4.59. The number of aromatic nitrogens is 2. The number of nitrogens with one attached hydrogen (secondary N) is 1. The van der Waals surface area contributed by atoms with Crippen LogP contribution >= 0.6 is 0 Å². The van der Waals surface area contributed by atoms with E-state index in [-0.39, 0.29) is 0 Å². The molecule has 1 N–H and O–H groups in total. The molecule has 5 heteroatoms. The summed E-state index contributed by atoms with van der Waals surface area (Å²) < 4.78 is 7.63. The fourth-order valence-electron chi connectivity index (χ4n) is 3.41. The van der Waals surface area contributed by atoms with E-state index in [0.29, 0.717) is 0 Å². The fourth-order valence-corrected chi connectivity index (χ4v) is 3.41. The van der Waals surface area contributed by atoms with Gasteiger partial charge in [0.1, 0.15) is 6.54 Å². The summed E-state index contributed by atoms with van der Waals surface area (Å²) in [4.78, 5) is 8.76. The van der Waals surface area contributed by atoms with Crippen molar-refractivity contribution < 1.29 is 9.64 Å². The molecule has 124 valence electrons. The highest BCUT2D eigenvalue weighted by Gasteiger charge is 2.28. The highest BCUT2D eigenvalue weighted by molar-refractivity contribution is 5.78. The lowest BCUT2D eigenvalue weighted by Gasteiger charge is -2.34. The van der Waals surface area contributed by atoms with Gasteiger partial charge in [0.2, 0.25) is 5.95 Å². The van der Waals surface area contributed by atoms with E-state index in [1.165, 1.54) is 16.0 Å². The second-order valence-electron chi connectivity index (χ2n) is 6.32. The maximum Gasteiger partial charge on any atom is 0.215 e. The minimum atomic E-state index is 0.774. The second kappa shape index (κ2) is 6.63. The Hall–Kier alpha value is -2.37. The molecule has 0 bridgehead atoms. The van der Waals surface area contributed by atoms with Crippen LogP contribution in [0.4, 0.5) is 5.95 Å². The largest absolute Gasteiger partial charge is 0.379 e. The number of fused-ring (bicyclic) bond motifs is 3. The van der Waals surface area contributed by atoms with Crippen LogP contribution in [0.1, 0.15) is 5.56 Å². The number of anilines is 1. The molecular weight excluding hydrogens is 300 g/mol. The minimum Gasteiger partial charge on any atom is -0.379 e. The molecule has 0 fully saturated rings. The Labute approximate surface area is 142 Å². The average molecular weight is 323 g/mol. The first kappa shape index (κ1) is 15.2. The normalized spacial score (nSPS) is 17.2. The smallest absolute Gasteiger partial charge is 0.215 e. The molecule has 2 aromatic carbocycles. The van der Waals surface area contributed by atoms with Crippen LogP contribution in [0, 0.1) is 0 Å². The van der Waals surface area contributed by atoms with E-state index in [4.69, 9.17) is 9.72 Å². The quantitative estimate of drug-likeness (QED) is 0.773. The van der Waals surface area contributed by atoms with Crippen molar-refractivity contribution in [1.82, 2.24) is 9.55 Å². The molecule has 1 aliphatic rings. The molecule has 0 spiro atoms. The number of methoxy groups -OCH3 is 1. The molecule has 0 aliphatic carbocycles. The van der Waals surface area contributed by atoms with Crippen LogP contribution in [0.2, 0.25) is 0 Å². The van der Waals surface area contributed by atoms with E-state index in [2.05, 4.69) is 64.1 Å². The predicted octanol–water partition coefficient (Wildman–Crippen LogP) is 1.50. The van der Waals surface area contributed by atoms with Gasteiger partial charge in [-0.2, -0.15) is 0 Å². The van der Waals surface area contributed by atoms with E-state index >= 15 is 0 Å². The number of quaternary nitrogens is 1. The SMILES string of the molecule is COCC[NH+]1CN(Cc2ccccc2)c2nc3ccccc3n2C1. The number of hydrogen-bond acceptors (Lipinski definition) is 3. The van der Waals surface area contributed by atoms with Gasteiger partial charge in [0.15, 0.2) is 13.3 Å². The third kappa shape index (κ3) is 2.88. The van der Waals surface area contributed by atoms with Gasteiger partial charge in [0, 0.05) is 7.11 Å². The highest BCUT2D eigenvalue weighted by atomic mass is 16.5. The van der Waals surface area contributed by atoms with E-state index in [1.807, 2.05) is 0 Å². The summed E-state index contributed by atoms with van der Waals surface area (Å²) in [6.45, 7) is 4.52. The van der Waals surface area contributed by atoms with Gasteiger partial charge in [0.25, 0.3) is 0 Å². The van der Waals surface area contributed by atoms with Gasteiger partial charge < -0.3 is 4.74 Å². The lowest BCUT2D eigenvalue weighted by atomic mass is 10.2. The van der Waals surface area contributed by atoms with Crippen LogP contribution in [0.3, 0.4) is 0 Å². The summed E-state index contributed by atoms with van der Waals surface area (Å²) in [5.41, 5.74) is 3.59. The number of para-hydroxylation sites is 2. The molecule has 0 saturated heterocycles. The zero-order chi connectivity index (χ0) is 16.4. The van der Waals surface area contributed by atoms with Crippen molar-refractivity contribution in [2.45, 2.75) is 13.2 Å². The van der Waals surface area contributed by atoms with Crippen LogP contribution in [0.5, 0.6) is 0 Å². The Bertz CT molecular complexity index is 815. The maximum atomic E-state index is 5.29. The zero-order valence-electron chi connectivity index (χ0n) is 14.0. The molecule has 24 heavy (non-hydrogen) atoms. The van der Waals surface area contributed by atoms with Crippen LogP contribution in [0.25, 0.3) is 11.0 Å². The van der Waals surface area contributed by atoms with Crippen molar-refractivity contribution in [3.05, 3.63) is 60.2 Å². The molecule has 2 heterocycles. The van der Waals surface area contributed by atoms with E-state index in [1.54, 1.807) is 7.11 Å². The Morgan fingerprint density at radius 1 is 1.04 bits per heavy atom. The second-order valence-corrected chi connectivity index (χ2v) is 6.32. The maximum absolute atomic E-state index is 5.29. The first-order chi connectivity index (χ1) is 11.8. The number of rotatable bonds is 5. The molecule has 1 aliphatic heterocycles. The number of ether oxygens (including phenoxy) is 1. The van der Waals surface area contributed by atoms with Crippen molar-refractivity contribution in [2.75, 3.05) is 31.8 Å². The summed E-state index contributed by atoms with van der Waals surface area (Å²) in [6.07, 6.45) is 0. The standard InChI is InChI=1S/C19H22N4O/c1-24-12-11-21-14-22(13-16-7-3-2-4-8-16)19-20-17-9-5-6-10-18(17)23(19)15-21/h2-10H,11-15H2,1H3/p+1. The van der Waals surface area contributed by atoms with Crippen LogP contribution in [-0.4, -0.2) is 36.5 Å². The minimum absolute atomic E-state index is 0.774. The van der Waals surface area contributed by atoms with E-state index in [0.717, 1.165) is 44.5 Å². The first-order valence-corrected chi connectivity index (χ1v) is 8.42. The van der Waals surface area contributed by atoms with Crippen molar-refractivity contribution in [1.29, 1.82) is 0 Å². The number of benzene rings is 2. The topological polar surface area (TPSA) is 34.7 Å². The lowest BCUT2D eigenvalue weighted by molar-refractivity contribution is -0.925. The molecular formula is C19H23N4O+. The van der Waals surface area contributed by atoms with Crippen LogP contribution < -0.4 is 9.80 Å². The van der Waals surface area contributed by atoms with Crippen molar-refractivity contribution in [3.8, 4) is 0 Å². The molecule has 0 radical (unpaired) electrons. The average Bonchev–Trinajstić information content (AvgIpc) is 3.00. The summed E-state index contributed by atoms with van der Waals surface area (Å²) in [5, 5.41) is 0. The van der Waals surface area contributed by atoms with Crippen molar-refractivity contribution in [3.63, 3.8) is 0 Å². The Morgan fingerprint density at radius 2 is 1.83 bits per heavy atom. The molecule has 1 unspecified atom stereocenters. The van der Waals surface area contributed by atoms with Crippen LogP contribution in [-0.2, 0) is 18.0 Å². The molecule has 5 nitrogen and oxygen atoms in total. The molecule has 0 amide bonds. The predicted molar refractivity (Wildman–Crippen MR) is 94.9 cm³/mol. The third-order valence-electron chi connectivity index (χ3n) is 4.59. The molecule has 4 rings (SSSR count). The number of imidazole rings is 1. The molecule has 0 saturated carbocycles. The molecule has 1 atom stereocenters. The van der Waals surface area contributed by atoms with Crippen molar-refractivity contribution in [2.24, 2.45) is 0 Å². The Kier molecular flexibility index (Phi) is 4.19. The highest BCUT2D eigenvalue weighted by Crippen LogP contribution is 2.24. The zero-order valence-corrected chi connectivity index (χ0v) is 14.0. The molecule has 1 aromatic heterocycles. The Balaban J connectivity index is 1.70. The summed E-state index contributed by atoms with van der Waals surface area (Å²) in [6, 6.07) is 19.0. The van der Waals surface area contributed by atoms with Crippen molar-refractivity contribution >= 4 is 17.0 Å². The van der Waals surface area contributed by atoms with Gasteiger partial charge in [-0.15, -0.1) is 0 Å². The molecule has 3 aromatic rings. The Morgan fingerprint density at radius 3 is 2.67 bits per heavy atom. The monoisotopic (exact) mass is 323 g/mol. The van der Waals surface area contributed by atoms with Gasteiger partial charge in [-0.05, 0) is 17.7 Å². The summed E-state index contributed by atoms with van der Waals surface area (Å²) in [7, 11) is 1.77. The number of nitrogens with zero attached hydrogens (tertiary/aromatic N) is 3. The summed E-state index contributed by atoms with van der Waals surface area (Å²) in [5.74, 6) is 1.07. The van der Waals surface area contributed by atoms with Gasteiger partial charge in [-0.25, -0.2) is 4.98 Å².